The number of hydrogen-bond donors (Lipinski definition) is 1. The molecule has 4 nitrogen and oxygen atoms in total. The van der Waals surface area contributed by atoms with E-state index >= 15 is 0 Å². The average Bonchev–Trinajstić information content (AvgIpc) is 2.77. The van der Waals surface area contributed by atoms with Crippen molar-refractivity contribution < 1.29 is 9.59 Å². The van der Waals surface area contributed by atoms with E-state index in [4.69, 9.17) is 0 Å². The highest BCUT2D eigenvalue weighted by atomic mass is 32.2. The van der Waals surface area contributed by atoms with E-state index in [1.165, 1.54) is 11.1 Å². The Morgan fingerprint density at radius 1 is 0.933 bits per heavy atom. The number of carbonyl (C=O) groups excluding carboxylic acids is 2. The van der Waals surface area contributed by atoms with Crippen molar-refractivity contribution in [2.24, 2.45) is 0 Å². The molecule has 0 radical (unpaired) electrons. The molecule has 0 fully saturated rings. The van der Waals surface area contributed by atoms with E-state index in [-0.39, 0.29) is 17.9 Å². The Morgan fingerprint density at radius 2 is 1.53 bits per heavy atom. The van der Waals surface area contributed by atoms with Gasteiger partial charge in [-0.2, -0.15) is 0 Å². The molecule has 1 N–H and O–H groups in total. The average molecular weight is 427 g/mol. The Morgan fingerprint density at radius 3 is 2.10 bits per heavy atom. The third-order valence-corrected chi connectivity index (χ3v) is 6.20. The molecule has 0 aliphatic rings. The van der Waals surface area contributed by atoms with Crippen LogP contribution in [0.2, 0.25) is 0 Å². The number of hydrogen-bond acceptors (Lipinski definition) is 3. The van der Waals surface area contributed by atoms with Crippen LogP contribution < -0.4 is 5.32 Å². The van der Waals surface area contributed by atoms with E-state index < -0.39 is 6.04 Å². The minimum absolute atomic E-state index is 0.0259. The Bertz CT molecular complexity index is 767. The fraction of sp³-hybridized carbons (Fsp3) is 0.440. The lowest BCUT2D eigenvalue weighted by Gasteiger charge is -2.31. The molecule has 0 unspecified atom stereocenters. The van der Waals surface area contributed by atoms with Crippen LogP contribution in [0.5, 0.6) is 0 Å². The summed E-state index contributed by atoms with van der Waals surface area (Å²) in [6.45, 7) is 6.56. The maximum absolute atomic E-state index is 13.1. The zero-order valence-electron chi connectivity index (χ0n) is 18.3. The lowest BCUT2D eigenvalue weighted by atomic mass is 10.1. The third-order valence-electron chi connectivity index (χ3n) is 5.21. The van der Waals surface area contributed by atoms with Crippen molar-refractivity contribution in [2.75, 3.05) is 12.3 Å². The molecule has 0 aliphatic carbocycles. The molecule has 2 rings (SSSR count). The molecule has 0 saturated carbocycles. The quantitative estimate of drug-likeness (QED) is 0.536. The Labute approximate surface area is 185 Å². The number of carbonyl (C=O) groups is 2. The summed E-state index contributed by atoms with van der Waals surface area (Å²) in [5, 5.41) is 3.06. The van der Waals surface area contributed by atoms with E-state index in [0.29, 0.717) is 18.7 Å². The topological polar surface area (TPSA) is 49.4 Å². The number of amides is 2. The summed E-state index contributed by atoms with van der Waals surface area (Å²) in [5.74, 6) is 1.13. The van der Waals surface area contributed by atoms with Crippen LogP contribution in [-0.2, 0) is 21.8 Å². The van der Waals surface area contributed by atoms with E-state index in [9.17, 15) is 9.59 Å². The van der Waals surface area contributed by atoms with Gasteiger partial charge in [-0.1, -0.05) is 74.5 Å². The molecular weight excluding hydrogens is 392 g/mol. The molecule has 0 spiro atoms. The smallest absolute Gasteiger partial charge is 0.243 e. The second-order valence-electron chi connectivity index (χ2n) is 7.54. The van der Waals surface area contributed by atoms with Gasteiger partial charge in [-0.15, -0.1) is 11.8 Å². The van der Waals surface area contributed by atoms with Gasteiger partial charge >= 0.3 is 0 Å². The van der Waals surface area contributed by atoms with Gasteiger partial charge in [0.1, 0.15) is 6.04 Å². The second-order valence-corrected chi connectivity index (χ2v) is 8.53. The maximum Gasteiger partial charge on any atom is 0.243 e. The maximum atomic E-state index is 13.1. The summed E-state index contributed by atoms with van der Waals surface area (Å²) in [6.07, 6.45) is 2.21. The van der Waals surface area contributed by atoms with E-state index in [2.05, 4.69) is 29.6 Å². The van der Waals surface area contributed by atoms with Crippen molar-refractivity contribution in [2.45, 2.75) is 57.9 Å². The van der Waals surface area contributed by atoms with Gasteiger partial charge < -0.3 is 10.2 Å². The van der Waals surface area contributed by atoms with Crippen LogP contribution in [0, 0.1) is 0 Å². The van der Waals surface area contributed by atoms with Crippen LogP contribution in [0.4, 0.5) is 0 Å². The largest absolute Gasteiger partial charge is 0.352 e. The molecule has 0 saturated heterocycles. The molecule has 2 aromatic carbocycles. The monoisotopic (exact) mass is 426 g/mol. The third kappa shape index (κ3) is 7.86. The highest BCUT2D eigenvalue weighted by Crippen LogP contribution is 2.16. The highest BCUT2D eigenvalue weighted by molar-refractivity contribution is 7.99. The summed E-state index contributed by atoms with van der Waals surface area (Å²) in [6, 6.07) is 19.9. The predicted octanol–water partition coefficient (Wildman–Crippen LogP) is 4.68. The molecule has 0 heterocycles. The molecule has 2 aromatic rings. The summed E-state index contributed by atoms with van der Waals surface area (Å²) in [4.78, 5) is 27.8. The fourth-order valence-corrected chi connectivity index (χ4v) is 4.12. The van der Waals surface area contributed by atoms with Crippen LogP contribution in [-0.4, -0.2) is 41.1 Å². The standard InChI is InChI=1S/C25H34N2O2S/c1-4-20(3)26-25(29)23(5-2)27(17-16-21-12-8-6-9-13-21)24(28)19-30-18-22-14-10-7-11-15-22/h6-15,20,23H,4-5,16-19H2,1-3H3,(H,26,29)/t20-,23-/m0/s1. The van der Waals surface area contributed by atoms with Gasteiger partial charge in [0.25, 0.3) is 0 Å². The van der Waals surface area contributed by atoms with Crippen molar-refractivity contribution in [3.05, 3.63) is 71.8 Å². The van der Waals surface area contributed by atoms with Crippen LogP contribution in [0.1, 0.15) is 44.7 Å². The van der Waals surface area contributed by atoms with Gasteiger partial charge in [-0.05, 0) is 37.3 Å². The Hall–Kier alpha value is -2.27. The van der Waals surface area contributed by atoms with E-state index in [1.54, 1.807) is 16.7 Å². The van der Waals surface area contributed by atoms with Crippen molar-refractivity contribution in [3.8, 4) is 0 Å². The second kappa shape index (κ2) is 13.1. The van der Waals surface area contributed by atoms with Crippen molar-refractivity contribution in [3.63, 3.8) is 0 Å². The molecule has 0 aliphatic heterocycles. The van der Waals surface area contributed by atoms with Gasteiger partial charge in [0.2, 0.25) is 11.8 Å². The molecule has 5 heteroatoms. The van der Waals surface area contributed by atoms with Gasteiger partial charge in [-0.3, -0.25) is 9.59 Å². The molecule has 30 heavy (non-hydrogen) atoms. The fourth-order valence-electron chi connectivity index (χ4n) is 3.25. The Balaban J connectivity index is 2.05. The van der Waals surface area contributed by atoms with Gasteiger partial charge in [-0.25, -0.2) is 0 Å². The first kappa shape index (κ1) is 24.0. The summed E-state index contributed by atoms with van der Waals surface area (Å²) in [5.41, 5.74) is 2.37. The number of rotatable bonds is 12. The van der Waals surface area contributed by atoms with Crippen molar-refractivity contribution in [1.82, 2.24) is 10.2 Å². The number of nitrogens with one attached hydrogen (secondary N) is 1. The zero-order chi connectivity index (χ0) is 21.8. The Kier molecular flexibility index (Phi) is 10.5. The summed E-state index contributed by atoms with van der Waals surface area (Å²) >= 11 is 1.60. The SMILES string of the molecule is CC[C@H](C)NC(=O)[C@H](CC)N(CCc1ccccc1)C(=O)CSCc1ccccc1. The number of benzene rings is 2. The number of nitrogens with zero attached hydrogens (tertiary/aromatic N) is 1. The summed E-state index contributed by atoms with van der Waals surface area (Å²) < 4.78 is 0. The highest BCUT2D eigenvalue weighted by Gasteiger charge is 2.28. The normalized spacial score (nSPS) is 12.8. The molecule has 2 atom stereocenters. The minimum atomic E-state index is -0.437. The van der Waals surface area contributed by atoms with Crippen molar-refractivity contribution in [1.29, 1.82) is 0 Å². The first-order chi connectivity index (χ1) is 14.5. The van der Waals surface area contributed by atoms with Gasteiger partial charge in [0.05, 0.1) is 5.75 Å². The first-order valence-electron chi connectivity index (χ1n) is 10.8. The minimum Gasteiger partial charge on any atom is -0.352 e. The molecule has 0 bridgehead atoms. The van der Waals surface area contributed by atoms with E-state index in [0.717, 1.165) is 18.6 Å². The first-order valence-corrected chi connectivity index (χ1v) is 12.0. The van der Waals surface area contributed by atoms with Crippen molar-refractivity contribution >= 4 is 23.6 Å². The molecule has 2 amide bonds. The van der Waals surface area contributed by atoms with Crippen LogP contribution >= 0.6 is 11.8 Å². The molecule has 0 aromatic heterocycles. The van der Waals surface area contributed by atoms with Gasteiger partial charge in [0, 0.05) is 18.3 Å². The van der Waals surface area contributed by atoms with E-state index in [1.807, 2.05) is 57.2 Å². The predicted molar refractivity (Wildman–Crippen MR) is 126 cm³/mol. The number of thioether (sulfide) groups is 1. The lowest BCUT2D eigenvalue weighted by Crippen LogP contribution is -2.52. The molecule has 162 valence electrons. The van der Waals surface area contributed by atoms with Crippen LogP contribution in [0.25, 0.3) is 0 Å². The zero-order valence-corrected chi connectivity index (χ0v) is 19.2. The van der Waals surface area contributed by atoms with Gasteiger partial charge in [0.15, 0.2) is 0 Å². The van der Waals surface area contributed by atoms with Crippen LogP contribution in [0.3, 0.4) is 0 Å². The lowest BCUT2D eigenvalue weighted by molar-refractivity contribution is -0.139. The molecular formula is C25H34N2O2S. The van der Waals surface area contributed by atoms with Crippen LogP contribution in [0.15, 0.2) is 60.7 Å². The summed E-state index contributed by atoms with van der Waals surface area (Å²) in [7, 11) is 0.